The van der Waals surface area contributed by atoms with Gasteiger partial charge < -0.3 is 4.74 Å². The van der Waals surface area contributed by atoms with Crippen molar-refractivity contribution >= 4 is 40.3 Å². The molecule has 7 heteroatoms. The molecule has 0 aliphatic rings. The third-order valence-corrected chi connectivity index (χ3v) is 4.78. The Kier molecular flexibility index (Phi) is 6.57. The second-order valence-electron chi connectivity index (χ2n) is 5.60. The summed E-state index contributed by atoms with van der Waals surface area (Å²) in [5.74, 6) is -0.281. The first-order chi connectivity index (χ1) is 13.2. The van der Waals surface area contributed by atoms with E-state index in [-0.39, 0.29) is 12.4 Å². The summed E-state index contributed by atoms with van der Waals surface area (Å²) in [6, 6.07) is 15.7. The molecule has 0 fully saturated rings. The largest absolute Gasteiger partial charge is 0.466 e. The summed E-state index contributed by atoms with van der Waals surface area (Å²) in [5, 5.41) is 7.35. The summed E-state index contributed by atoms with van der Waals surface area (Å²) < 4.78 is 4.91. The van der Waals surface area contributed by atoms with Crippen molar-refractivity contribution in [2.75, 3.05) is 12.0 Å². The van der Waals surface area contributed by atoms with Crippen LogP contribution in [-0.2, 0) is 16.0 Å². The quantitative estimate of drug-likeness (QED) is 0.344. The first-order valence-electron chi connectivity index (χ1n) is 8.40. The van der Waals surface area contributed by atoms with Crippen LogP contribution in [0.2, 0.25) is 5.02 Å². The molecule has 0 aliphatic heterocycles. The smallest absolute Gasteiger partial charge is 0.311 e. The molecule has 2 aromatic carbocycles. The highest BCUT2D eigenvalue weighted by atomic mass is 35.5. The van der Waals surface area contributed by atoms with Crippen molar-refractivity contribution in [1.82, 2.24) is 4.98 Å². The molecule has 0 bridgehead atoms. The van der Waals surface area contributed by atoms with Crippen LogP contribution in [0.3, 0.4) is 0 Å². The fourth-order valence-electron chi connectivity index (χ4n) is 2.41. The molecule has 0 unspecified atom stereocenters. The minimum absolute atomic E-state index is 0.166. The van der Waals surface area contributed by atoms with E-state index in [9.17, 15) is 4.79 Å². The lowest BCUT2D eigenvalue weighted by Crippen LogP contribution is -2.07. The number of rotatable bonds is 7. The van der Waals surface area contributed by atoms with Gasteiger partial charge in [-0.2, -0.15) is 5.10 Å². The predicted octanol–water partition coefficient (Wildman–Crippen LogP) is 5.02. The van der Waals surface area contributed by atoms with Crippen LogP contribution in [-0.4, -0.2) is 23.8 Å². The highest BCUT2D eigenvalue weighted by Crippen LogP contribution is 2.27. The summed E-state index contributed by atoms with van der Waals surface area (Å²) in [6.45, 7) is 2.15. The summed E-state index contributed by atoms with van der Waals surface area (Å²) >= 11 is 7.62. The topological polar surface area (TPSA) is 63.6 Å². The first kappa shape index (κ1) is 19.1. The van der Waals surface area contributed by atoms with Crippen LogP contribution in [0, 0.1) is 0 Å². The van der Waals surface area contributed by atoms with Crippen LogP contribution in [0.25, 0.3) is 11.1 Å². The van der Waals surface area contributed by atoms with Gasteiger partial charge in [0.05, 0.1) is 24.9 Å². The maximum Gasteiger partial charge on any atom is 0.311 e. The van der Waals surface area contributed by atoms with Crippen LogP contribution in [0.5, 0.6) is 0 Å². The monoisotopic (exact) mass is 399 g/mol. The zero-order valence-corrected chi connectivity index (χ0v) is 16.3. The van der Waals surface area contributed by atoms with Crippen molar-refractivity contribution in [1.29, 1.82) is 0 Å². The summed E-state index contributed by atoms with van der Waals surface area (Å²) in [7, 11) is 0. The zero-order valence-electron chi connectivity index (χ0n) is 14.7. The van der Waals surface area contributed by atoms with Gasteiger partial charge in [0, 0.05) is 16.0 Å². The van der Waals surface area contributed by atoms with Crippen molar-refractivity contribution in [3.63, 3.8) is 0 Å². The lowest BCUT2D eigenvalue weighted by molar-refractivity contribution is -0.142. The van der Waals surface area contributed by atoms with Gasteiger partial charge in [0.1, 0.15) is 0 Å². The predicted molar refractivity (Wildman–Crippen MR) is 111 cm³/mol. The van der Waals surface area contributed by atoms with Gasteiger partial charge in [0.2, 0.25) is 5.13 Å². The van der Waals surface area contributed by atoms with Crippen LogP contribution in [0.15, 0.2) is 59.0 Å². The molecule has 3 rings (SSSR count). The Bertz CT molecular complexity index is 938. The average Bonchev–Trinajstić information content (AvgIpc) is 3.10. The number of carbonyl (C=O) groups excluding carboxylic acids is 1. The molecule has 3 aromatic rings. The fraction of sp³-hybridized carbons (Fsp3) is 0.150. The molecular weight excluding hydrogens is 382 g/mol. The average molecular weight is 400 g/mol. The van der Waals surface area contributed by atoms with Crippen molar-refractivity contribution < 1.29 is 9.53 Å². The molecule has 5 nitrogen and oxygen atoms in total. The standard InChI is InChI=1S/C20H18ClN3O2S/c1-2-26-19(25)11-16-13-27-20(23-16)24-22-12-14-7-9-15(10-8-14)17-5-3-4-6-18(17)21/h3-10,12-13H,2,11H2,1H3,(H,23,24). The normalized spacial score (nSPS) is 10.9. The number of hydrogen-bond donors (Lipinski definition) is 1. The number of benzene rings is 2. The number of anilines is 1. The third-order valence-electron chi connectivity index (χ3n) is 3.65. The van der Waals surface area contributed by atoms with E-state index in [1.807, 2.05) is 53.9 Å². The number of halogens is 1. The molecule has 138 valence electrons. The number of thiazole rings is 1. The van der Waals surface area contributed by atoms with E-state index >= 15 is 0 Å². The van der Waals surface area contributed by atoms with E-state index in [2.05, 4.69) is 15.5 Å². The molecular formula is C20H18ClN3O2S. The molecule has 0 saturated carbocycles. The number of esters is 1. The fourth-order valence-corrected chi connectivity index (χ4v) is 3.31. The van der Waals surface area contributed by atoms with E-state index in [4.69, 9.17) is 16.3 Å². The van der Waals surface area contributed by atoms with Crippen LogP contribution < -0.4 is 5.43 Å². The Labute approximate surface area is 166 Å². The van der Waals surface area contributed by atoms with Gasteiger partial charge in [-0.15, -0.1) is 11.3 Å². The van der Waals surface area contributed by atoms with Crippen molar-refractivity contribution in [3.8, 4) is 11.1 Å². The number of nitrogens with one attached hydrogen (secondary N) is 1. The summed E-state index contributed by atoms with van der Waals surface area (Å²) in [5.41, 5.74) is 6.54. The van der Waals surface area contributed by atoms with Gasteiger partial charge in [0.25, 0.3) is 0 Å². The minimum atomic E-state index is -0.281. The maximum absolute atomic E-state index is 11.5. The molecule has 1 aromatic heterocycles. The van der Waals surface area contributed by atoms with Crippen LogP contribution in [0.1, 0.15) is 18.2 Å². The second kappa shape index (κ2) is 9.30. The van der Waals surface area contributed by atoms with Crippen LogP contribution >= 0.6 is 22.9 Å². The zero-order chi connectivity index (χ0) is 19.1. The SMILES string of the molecule is CCOC(=O)Cc1csc(NN=Cc2ccc(-c3ccccc3Cl)cc2)n1. The Morgan fingerprint density at radius 2 is 2.04 bits per heavy atom. The maximum atomic E-state index is 11.5. The van der Waals surface area contributed by atoms with Gasteiger partial charge in [-0.25, -0.2) is 4.98 Å². The van der Waals surface area contributed by atoms with Crippen molar-refractivity contribution in [3.05, 3.63) is 70.2 Å². The Morgan fingerprint density at radius 3 is 2.78 bits per heavy atom. The number of aromatic nitrogens is 1. The molecule has 0 atom stereocenters. The number of hydrogen-bond acceptors (Lipinski definition) is 6. The lowest BCUT2D eigenvalue weighted by atomic mass is 10.0. The molecule has 0 radical (unpaired) electrons. The molecule has 27 heavy (non-hydrogen) atoms. The summed E-state index contributed by atoms with van der Waals surface area (Å²) in [6.07, 6.45) is 1.88. The van der Waals surface area contributed by atoms with Gasteiger partial charge in [-0.05, 0) is 24.1 Å². The molecule has 1 N–H and O–H groups in total. The van der Waals surface area contributed by atoms with Crippen LogP contribution in [0.4, 0.5) is 5.13 Å². The highest BCUT2D eigenvalue weighted by Gasteiger charge is 2.08. The molecule has 0 amide bonds. The molecule has 0 saturated heterocycles. The van der Waals surface area contributed by atoms with E-state index in [0.29, 0.717) is 17.4 Å². The first-order valence-corrected chi connectivity index (χ1v) is 9.65. The highest BCUT2D eigenvalue weighted by molar-refractivity contribution is 7.13. The van der Waals surface area contributed by atoms with E-state index < -0.39 is 0 Å². The third kappa shape index (κ3) is 5.39. The Balaban J connectivity index is 1.58. The molecule has 0 spiro atoms. The second-order valence-corrected chi connectivity index (χ2v) is 6.86. The van der Waals surface area contributed by atoms with E-state index in [1.165, 1.54) is 11.3 Å². The Hall–Kier alpha value is -2.70. The van der Waals surface area contributed by atoms with Gasteiger partial charge >= 0.3 is 5.97 Å². The molecule has 1 heterocycles. The Morgan fingerprint density at radius 1 is 1.26 bits per heavy atom. The minimum Gasteiger partial charge on any atom is -0.466 e. The van der Waals surface area contributed by atoms with Gasteiger partial charge in [-0.1, -0.05) is 54.1 Å². The van der Waals surface area contributed by atoms with E-state index in [1.54, 1.807) is 13.1 Å². The number of hydrazone groups is 1. The number of carbonyl (C=O) groups is 1. The van der Waals surface area contributed by atoms with Crippen molar-refractivity contribution in [2.45, 2.75) is 13.3 Å². The lowest BCUT2D eigenvalue weighted by Gasteiger charge is -2.04. The number of nitrogens with zero attached hydrogens (tertiary/aromatic N) is 2. The van der Waals surface area contributed by atoms with Crippen molar-refractivity contribution in [2.24, 2.45) is 5.10 Å². The van der Waals surface area contributed by atoms with Gasteiger partial charge in [-0.3, -0.25) is 10.2 Å². The van der Waals surface area contributed by atoms with E-state index in [0.717, 1.165) is 21.7 Å². The van der Waals surface area contributed by atoms with Gasteiger partial charge in [0.15, 0.2) is 0 Å². The number of ether oxygens (including phenoxy) is 1. The summed E-state index contributed by atoms with van der Waals surface area (Å²) in [4.78, 5) is 15.8. The molecule has 0 aliphatic carbocycles.